The van der Waals surface area contributed by atoms with Crippen LogP contribution in [-0.4, -0.2) is 10.0 Å². The number of benzene rings is 3. The summed E-state index contributed by atoms with van der Waals surface area (Å²) in [6, 6.07) is 19.8. The van der Waals surface area contributed by atoms with Crippen LogP contribution < -0.4 is 0 Å². The first-order chi connectivity index (χ1) is 15.0. The number of nitro benzene ring substituents is 1. The van der Waals surface area contributed by atoms with E-state index in [9.17, 15) is 19.6 Å². The van der Waals surface area contributed by atoms with Crippen LogP contribution in [0.15, 0.2) is 84.9 Å². The number of allylic oxidation sites excluding steroid dienone is 1. The number of hydrogen-bond acceptors (Lipinski definition) is 3. The van der Waals surface area contributed by atoms with Crippen molar-refractivity contribution in [3.05, 3.63) is 123 Å². The zero-order chi connectivity index (χ0) is 22.2. The highest BCUT2D eigenvalue weighted by molar-refractivity contribution is 5.39. The average molecular weight is 415 g/mol. The average Bonchev–Trinajstić information content (AvgIpc) is 2.77. The summed E-state index contributed by atoms with van der Waals surface area (Å²) < 4.78 is 13.2. The third kappa shape index (κ3) is 5.88. The van der Waals surface area contributed by atoms with E-state index in [0.29, 0.717) is 17.5 Å². The standard InChI is InChI=1S/C26H22FNO3/c1-19-8-5-6-12-24(19)25(26(29)21-14-16-23(17-15-21)28(30)31)13-4-2-3-9-20-10-7-11-22(27)18-20/h4-8,10-18,25-26,29H,2H2,1H3/b13-4-/t25-,26-/m0/s1. The molecule has 0 radical (unpaired) electrons. The van der Waals surface area contributed by atoms with E-state index in [0.717, 1.165) is 11.1 Å². The van der Waals surface area contributed by atoms with Gasteiger partial charge in [-0.25, -0.2) is 4.39 Å². The van der Waals surface area contributed by atoms with Gasteiger partial charge in [-0.2, -0.15) is 0 Å². The Morgan fingerprint density at radius 3 is 2.52 bits per heavy atom. The maximum absolute atomic E-state index is 13.2. The van der Waals surface area contributed by atoms with Gasteiger partial charge in [-0.15, -0.1) is 0 Å². The van der Waals surface area contributed by atoms with Gasteiger partial charge in [0.05, 0.1) is 11.0 Å². The van der Waals surface area contributed by atoms with E-state index in [4.69, 9.17) is 0 Å². The minimum atomic E-state index is -0.880. The lowest BCUT2D eigenvalue weighted by molar-refractivity contribution is -0.384. The van der Waals surface area contributed by atoms with Gasteiger partial charge < -0.3 is 5.11 Å². The van der Waals surface area contributed by atoms with Crippen molar-refractivity contribution in [3.63, 3.8) is 0 Å². The van der Waals surface area contributed by atoms with E-state index in [1.165, 1.54) is 24.3 Å². The lowest BCUT2D eigenvalue weighted by atomic mass is 9.86. The molecule has 0 aromatic heterocycles. The van der Waals surface area contributed by atoms with Crippen LogP contribution in [0.5, 0.6) is 0 Å². The fourth-order valence-electron chi connectivity index (χ4n) is 3.33. The molecule has 0 spiro atoms. The van der Waals surface area contributed by atoms with Crippen LogP contribution in [0.25, 0.3) is 0 Å². The van der Waals surface area contributed by atoms with Gasteiger partial charge in [0.1, 0.15) is 5.82 Å². The first-order valence-electron chi connectivity index (χ1n) is 9.85. The normalized spacial score (nSPS) is 12.7. The van der Waals surface area contributed by atoms with Crippen LogP contribution in [0.1, 0.15) is 40.7 Å². The second-order valence-corrected chi connectivity index (χ2v) is 7.12. The molecule has 156 valence electrons. The van der Waals surface area contributed by atoms with Gasteiger partial charge in [-0.3, -0.25) is 10.1 Å². The zero-order valence-electron chi connectivity index (χ0n) is 17.0. The molecule has 0 unspecified atom stereocenters. The molecule has 0 amide bonds. The van der Waals surface area contributed by atoms with Crippen LogP contribution in [0, 0.1) is 34.7 Å². The maximum Gasteiger partial charge on any atom is 0.269 e. The molecule has 2 atom stereocenters. The number of aliphatic hydroxyl groups excluding tert-OH is 1. The van der Waals surface area contributed by atoms with Crippen LogP contribution in [0.3, 0.4) is 0 Å². The van der Waals surface area contributed by atoms with Gasteiger partial charge in [-0.1, -0.05) is 54.3 Å². The second kappa shape index (κ2) is 10.3. The summed E-state index contributed by atoms with van der Waals surface area (Å²) in [5.74, 6) is 5.24. The Labute approximate surface area is 180 Å². The third-order valence-corrected chi connectivity index (χ3v) is 4.95. The fourth-order valence-corrected chi connectivity index (χ4v) is 3.33. The summed E-state index contributed by atoms with van der Waals surface area (Å²) in [6.07, 6.45) is 3.33. The minimum absolute atomic E-state index is 0.0217. The number of rotatable bonds is 6. The number of aryl methyl sites for hydroxylation is 1. The van der Waals surface area contributed by atoms with Crippen molar-refractivity contribution in [3.8, 4) is 11.8 Å². The summed E-state index contributed by atoms with van der Waals surface area (Å²) in [6.45, 7) is 1.97. The first kappa shape index (κ1) is 21.9. The largest absolute Gasteiger partial charge is 0.387 e. The number of non-ortho nitro benzene ring substituents is 1. The van der Waals surface area contributed by atoms with Gasteiger partial charge in [-0.05, 0) is 53.9 Å². The van der Waals surface area contributed by atoms with E-state index in [1.807, 2.05) is 43.3 Å². The van der Waals surface area contributed by atoms with Crippen molar-refractivity contribution in [2.24, 2.45) is 0 Å². The van der Waals surface area contributed by atoms with E-state index >= 15 is 0 Å². The van der Waals surface area contributed by atoms with Crippen molar-refractivity contribution >= 4 is 5.69 Å². The van der Waals surface area contributed by atoms with Gasteiger partial charge in [0.25, 0.3) is 5.69 Å². The molecule has 0 bridgehead atoms. The zero-order valence-corrected chi connectivity index (χ0v) is 17.0. The number of hydrogen-bond donors (Lipinski definition) is 1. The summed E-state index contributed by atoms with van der Waals surface area (Å²) in [5.41, 5.74) is 3.17. The van der Waals surface area contributed by atoms with Crippen molar-refractivity contribution in [2.45, 2.75) is 25.4 Å². The Morgan fingerprint density at radius 1 is 1.10 bits per heavy atom. The molecule has 3 aromatic carbocycles. The monoisotopic (exact) mass is 415 g/mol. The van der Waals surface area contributed by atoms with E-state index in [-0.39, 0.29) is 17.4 Å². The number of halogens is 1. The Balaban J connectivity index is 1.82. The van der Waals surface area contributed by atoms with Crippen molar-refractivity contribution in [1.82, 2.24) is 0 Å². The molecule has 0 aliphatic heterocycles. The molecule has 0 heterocycles. The van der Waals surface area contributed by atoms with Crippen LogP contribution in [0.2, 0.25) is 0 Å². The Bertz CT molecular complexity index is 1140. The summed E-state index contributed by atoms with van der Waals surface area (Å²) >= 11 is 0. The van der Waals surface area contributed by atoms with Gasteiger partial charge in [0, 0.05) is 30.0 Å². The molecular weight excluding hydrogens is 393 g/mol. The van der Waals surface area contributed by atoms with E-state index < -0.39 is 11.0 Å². The van der Waals surface area contributed by atoms with Gasteiger partial charge >= 0.3 is 0 Å². The topological polar surface area (TPSA) is 63.4 Å². The first-order valence-corrected chi connectivity index (χ1v) is 9.85. The molecule has 0 aliphatic rings. The molecule has 3 aromatic rings. The molecule has 5 heteroatoms. The maximum atomic E-state index is 13.2. The number of aliphatic hydroxyl groups is 1. The van der Waals surface area contributed by atoms with Crippen LogP contribution in [-0.2, 0) is 0 Å². The summed E-state index contributed by atoms with van der Waals surface area (Å²) in [7, 11) is 0. The van der Waals surface area contributed by atoms with Gasteiger partial charge in [0.15, 0.2) is 0 Å². The smallest absolute Gasteiger partial charge is 0.269 e. The molecule has 31 heavy (non-hydrogen) atoms. The van der Waals surface area contributed by atoms with Crippen molar-refractivity contribution in [2.75, 3.05) is 0 Å². The third-order valence-electron chi connectivity index (χ3n) is 4.95. The molecule has 0 aliphatic carbocycles. The van der Waals surface area contributed by atoms with E-state index in [2.05, 4.69) is 11.8 Å². The predicted octanol–water partition coefficient (Wildman–Crippen LogP) is 5.86. The molecule has 0 saturated heterocycles. The second-order valence-electron chi connectivity index (χ2n) is 7.12. The molecule has 3 rings (SSSR count). The predicted molar refractivity (Wildman–Crippen MR) is 119 cm³/mol. The van der Waals surface area contributed by atoms with Crippen LogP contribution >= 0.6 is 0 Å². The minimum Gasteiger partial charge on any atom is -0.387 e. The SMILES string of the molecule is Cc1ccccc1[C@H](/C=C\CC#Cc1cccc(F)c1)[C@@H](O)c1ccc([N+](=O)[O-])cc1. The highest BCUT2D eigenvalue weighted by atomic mass is 19.1. The molecule has 0 saturated carbocycles. The number of nitro groups is 1. The molecule has 0 fully saturated rings. The van der Waals surface area contributed by atoms with Crippen molar-refractivity contribution in [1.29, 1.82) is 0 Å². The lowest BCUT2D eigenvalue weighted by Gasteiger charge is -2.22. The fraction of sp³-hybridized carbons (Fsp3) is 0.154. The number of nitrogens with zero attached hydrogens (tertiary/aromatic N) is 1. The highest BCUT2D eigenvalue weighted by Gasteiger charge is 2.22. The molecule has 1 N–H and O–H groups in total. The summed E-state index contributed by atoms with van der Waals surface area (Å²) in [4.78, 5) is 10.4. The lowest BCUT2D eigenvalue weighted by Crippen LogP contribution is -2.10. The Morgan fingerprint density at radius 2 is 1.84 bits per heavy atom. The Kier molecular flexibility index (Phi) is 7.31. The quantitative estimate of drug-likeness (QED) is 0.237. The highest BCUT2D eigenvalue weighted by Crippen LogP contribution is 2.34. The van der Waals surface area contributed by atoms with Crippen molar-refractivity contribution < 1.29 is 14.4 Å². The molecular formula is C26H22FNO3. The van der Waals surface area contributed by atoms with E-state index in [1.54, 1.807) is 24.3 Å². The van der Waals surface area contributed by atoms with Gasteiger partial charge in [0.2, 0.25) is 0 Å². The van der Waals surface area contributed by atoms with Crippen LogP contribution in [0.4, 0.5) is 10.1 Å². The molecule has 4 nitrogen and oxygen atoms in total. The summed E-state index contributed by atoms with van der Waals surface area (Å²) in [5, 5.41) is 22.0. The Hall–Kier alpha value is -3.75.